The number of carbonyl (C=O) groups excluding carboxylic acids is 3. The molecule has 29 heavy (non-hydrogen) atoms. The fourth-order valence-electron chi connectivity index (χ4n) is 2.57. The average molecular weight is 399 g/mol. The smallest absolute Gasteiger partial charge is 0.338 e. The highest BCUT2D eigenvalue weighted by atomic mass is 16.6. The molecule has 2 aromatic rings. The van der Waals surface area contributed by atoms with E-state index >= 15 is 0 Å². The molecule has 2 rings (SSSR count). The molecule has 2 aromatic carbocycles. The Bertz CT molecular complexity index is 883. The summed E-state index contributed by atoms with van der Waals surface area (Å²) in [6, 6.07) is 11.5. The first-order valence-electron chi connectivity index (χ1n) is 9.09. The van der Waals surface area contributed by atoms with E-state index in [2.05, 4.69) is 5.32 Å². The van der Waals surface area contributed by atoms with Crippen LogP contribution in [0, 0.1) is 0 Å². The second-order valence-electron chi connectivity index (χ2n) is 7.50. The van der Waals surface area contributed by atoms with E-state index < -0.39 is 29.5 Å². The van der Waals surface area contributed by atoms with Crippen molar-refractivity contribution in [3.63, 3.8) is 0 Å². The highest BCUT2D eigenvalue weighted by Gasteiger charge is 2.23. The van der Waals surface area contributed by atoms with E-state index in [-0.39, 0.29) is 17.7 Å². The first-order valence-corrected chi connectivity index (χ1v) is 9.09. The van der Waals surface area contributed by atoms with Crippen LogP contribution < -0.4 is 5.32 Å². The lowest BCUT2D eigenvalue weighted by atomic mass is 10.0. The van der Waals surface area contributed by atoms with Crippen LogP contribution in [0.3, 0.4) is 0 Å². The largest absolute Gasteiger partial charge is 0.508 e. The summed E-state index contributed by atoms with van der Waals surface area (Å²) in [6.07, 6.45) is 0.172. The summed E-state index contributed by atoms with van der Waals surface area (Å²) in [4.78, 5) is 36.6. The van der Waals surface area contributed by atoms with Gasteiger partial charge in [-0.05, 0) is 56.7 Å². The minimum Gasteiger partial charge on any atom is -0.508 e. The van der Waals surface area contributed by atoms with Crippen molar-refractivity contribution in [1.29, 1.82) is 0 Å². The molecule has 0 saturated heterocycles. The summed E-state index contributed by atoms with van der Waals surface area (Å²) >= 11 is 0. The van der Waals surface area contributed by atoms with Crippen LogP contribution in [0.2, 0.25) is 0 Å². The monoisotopic (exact) mass is 399 g/mol. The average Bonchev–Trinajstić information content (AvgIpc) is 2.66. The molecule has 0 aromatic heterocycles. The molecule has 0 aliphatic carbocycles. The third-order valence-electron chi connectivity index (χ3n) is 3.93. The number of amides is 1. The van der Waals surface area contributed by atoms with Gasteiger partial charge in [0, 0.05) is 12.0 Å². The van der Waals surface area contributed by atoms with Gasteiger partial charge in [0.25, 0.3) is 5.91 Å². The van der Waals surface area contributed by atoms with Gasteiger partial charge in [0.1, 0.15) is 17.4 Å². The highest BCUT2D eigenvalue weighted by Crippen LogP contribution is 2.15. The van der Waals surface area contributed by atoms with Crippen molar-refractivity contribution < 1.29 is 29.0 Å². The third-order valence-corrected chi connectivity index (χ3v) is 3.93. The number of carbonyl (C=O) groups is 3. The number of hydrogen-bond donors (Lipinski definition) is 2. The zero-order chi connectivity index (χ0) is 21.6. The molecule has 1 atom stereocenters. The van der Waals surface area contributed by atoms with E-state index in [1.165, 1.54) is 31.4 Å². The lowest BCUT2D eigenvalue weighted by Crippen LogP contribution is -2.43. The summed E-state index contributed by atoms with van der Waals surface area (Å²) in [5, 5.41) is 12.1. The van der Waals surface area contributed by atoms with Gasteiger partial charge in [0.05, 0.1) is 12.7 Å². The van der Waals surface area contributed by atoms with Crippen LogP contribution >= 0.6 is 0 Å². The Hall–Kier alpha value is -3.35. The van der Waals surface area contributed by atoms with Crippen LogP contribution in [-0.2, 0) is 20.7 Å². The molecule has 0 fully saturated rings. The van der Waals surface area contributed by atoms with Gasteiger partial charge in [-0.3, -0.25) is 4.79 Å². The Labute approximate surface area is 169 Å². The molecule has 2 N–H and O–H groups in total. The van der Waals surface area contributed by atoms with E-state index in [4.69, 9.17) is 9.47 Å². The normalized spacial score (nSPS) is 12.0. The predicted molar refractivity (Wildman–Crippen MR) is 107 cm³/mol. The van der Waals surface area contributed by atoms with E-state index in [0.717, 1.165) is 5.56 Å². The fourth-order valence-corrected chi connectivity index (χ4v) is 2.57. The van der Waals surface area contributed by atoms with Gasteiger partial charge in [-0.25, -0.2) is 9.59 Å². The molecular weight excluding hydrogens is 374 g/mol. The lowest BCUT2D eigenvalue weighted by molar-refractivity contribution is -0.142. The lowest BCUT2D eigenvalue weighted by Gasteiger charge is -2.20. The number of benzene rings is 2. The molecule has 0 heterocycles. The van der Waals surface area contributed by atoms with Crippen molar-refractivity contribution in [2.45, 2.75) is 38.8 Å². The van der Waals surface area contributed by atoms with Crippen molar-refractivity contribution >= 4 is 17.8 Å². The van der Waals surface area contributed by atoms with Gasteiger partial charge >= 0.3 is 11.9 Å². The number of phenols is 1. The van der Waals surface area contributed by atoms with Crippen molar-refractivity contribution in [1.82, 2.24) is 5.32 Å². The Morgan fingerprint density at radius 3 is 2.24 bits per heavy atom. The van der Waals surface area contributed by atoms with Crippen LogP contribution in [0.25, 0.3) is 0 Å². The van der Waals surface area contributed by atoms with E-state index in [0.29, 0.717) is 5.56 Å². The summed E-state index contributed by atoms with van der Waals surface area (Å²) in [5.41, 5.74) is 0.743. The van der Waals surface area contributed by atoms with Crippen molar-refractivity contribution in [2.75, 3.05) is 7.11 Å². The van der Waals surface area contributed by atoms with Crippen LogP contribution in [0.15, 0.2) is 48.5 Å². The third kappa shape index (κ3) is 6.64. The first-order chi connectivity index (χ1) is 13.6. The van der Waals surface area contributed by atoms with E-state index in [1.54, 1.807) is 45.0 Å². The second kappa shape index (κ2) is 9.23. The Morgan fingerprint density at radius 2 is 1.69 bits per heavy atom. The van der Waals surface area contributed by atoms with Gasteiger partial charge in [-0.1, -0.05) is 18.2 Å². The van der Waals surface area contributed by atoms with Crippen molar-refractivity contribution in [3.8, 4) is 5.75 Å². The maximum Gasteiger partial charge on any atom is 0.338 e. The summed E-state index contributed by atoms with van der Waals surface area (Å²) in [5.74, 6) is -1.60. The number of phenolic OH excluding ortho intramolecular Hbond substituents is 1. The van der Waals surface area contributed by atoms with Gasteiger partial charge in [-0.2, -0.15) is 0 Å². The molecule has 0 radical (unpaired) electrons. The maximum atomic E-state index is 12.4. The number of rotatable bonds is 6. The van der Waals surface area contributed by atoms with E-state index in [1.807, 2.05) is 0 Å². The highest BCUT2D eigenvalue weighted by molar-refractivity contribution is 5.97. The Morgan fingerprint density at radius 1 is 1.03 bits per heavy atom. The molecule has 7 nitrogen and oxygen atoms in total. The van der Waals surface area contributed by atoms with Crippen LogP contribution in [-0.4, -0.2) is 41.7 Å². The van der Waals surface area contributed by atoms with Gasteiger partial charge < -0.3 is 19.9 Å². The van der Waals surface area contributed by atoms with Gasteiger partial charge in [0.2, 0.25) is 0 Å². The number of aromatic hydroxyl groups is 1. The quantitative estimate of drug-likeness (QED) is 0.724. The zero-order valence-corrected chi connectivity index (χ0v) is 16.9. The Kier molecular flexibility index (Phi) is 6.98. The van der Waals surface area contributed by atoms with Crippen LogP contribution in [0.5, 0.6) is 5.75 Å². The standard InChI is InChI=1S/C22H25NO6/c1-22(2,3)29-20(26)15-10-8-14(9-11-15)12-18(21(27)28-4)23-19(25)16-6-5-7-17(24)13-16/h5-11,13,18,24H,12H2,1-4H3,(H,23,25)/t18-/m0/s1. The molecule has 1 amide bonds. The molecular formula is C22H25NO6. The fraction of sp³-hybridized carbons (Fsp3) is 0.318. The number of esters is 2. The molecule has 0 spiro atoms. The minimum atomic E-state index is -0.928. The van der Waals surface area contributed by atoms with Crippen molar-refractivity contribution in [2.24, 2.45) is 0 Å². The second-order valence-corrected chi connectivity index (χ2v) is 7.50. The molecule has 0 aliphatic rings. The SMILES string of the molecule is COC(=O)[C@H](Cc1ccc(C(=O)OC(C)(C)C)cc1)NC(=O)c1cccc(O)c1. The molecule has 0 unspecified atom stereocenters. The molecule has 0 saturated carbocycles. The minimum absolute atomic E-state index is 0.0509. The topological polar surface area (TPSA) is 102 Å². The van der Waals surface area contributed by atoms with Gasteiger partial charge in [-0.15, -0.1) is 0 Å². The predicted octanol–water partition coefficient (Wildman–Crippen LogP) is 2.86. The molecule has 154 valence electrons. The van der Waals surface area contributed by atoms with Crippen LogP contribution in [0.1, 0.15) is 47.1 Å². The summed E-state index contributed by atoms with van der Waals surface area (Å²) in [6.45, 7) is 5.36. The summed E-state index contributed by atoms with van der Waals surface area (Å²) < 4.78 is 10.1. The van der Waals surface area contributed by atoms with E-state index in [9.17, 15) is 19.5 Å². The summed E-state index contributed by atoms with van der Waals surface area (Å²) in [7, 11) is 1.24. The number of ether oxygens (including phenoxy) is 2. The Balaban J connectivity index is 2.11. The maximum absolute atomic E-state index is 12.4. The molecule has 0 aliphatic heterocycles. The first kappa shape index (κ1) is 21.9. The van der Waals surface area contributed by atoms with Crippen LogP contribution in [0.4, 0.5) is 0 Å². The molecule has 7 heteroatoms. The number of hydrogen-bond acceptors (Lipinski definition) is 6. The van der Waals surface area contributed by atoms with Crippen molar-refractivity contribution in [3.05, 3.63) is 65.2 Å². The molecule has 0 bridgehead atoms. The zero-order valence-electron chi connectivity index (χ0n) is 16.9. The van der Waals surface area contributed by atoms with Gasteiger partial charge in [0.15, 0.2) is 0 Å². The number of methoxy groups -OCH3 is 1. The number of nitrogens with one attached hydrogen (secondary N) is 1.